The molecule has 1 fully saturated rings. The molecule has 1 saturated carbocycles. The molecule has 0 saturated heterocycles. The Morgan fingerprint density at radius 1 is 1.35 bits per heavy atom. The van der Waals surface area contributed by atoms with Gasteiger partial charge in [0, 0.05) is 24.3 Å². The molecule has 0 spiro atoms. The van der Waals surface area contributed by atoms with E-state index in [2.05, 4.69) is 16.7 Å². The fourth-order valence-corrected chi connectivity index (χ4v) is 3.35. The van der Waals surface area contributed by atoms with Crippen molar-refractivity contribution in [3.05, 3.63) is 29.8 Å². The lowest BCUT2D eigenvalue weighted by atomic mass is 10.2. The van der Waals surface area contributed by atoms with Gasteiger partial charge in [0.2, 0.25) is 10.0 Å². The number of nitrogens with two attached hydrogens (primary N) is 1. The van der Waals surface area contributed by atoms with Crippen molar-refractivity contribution < 1.29 is 8.42 Å². The molecule has 0 bridgehead atoms. The minimum Gasteiger partial charge on any atom is -0.399 e. The Balaban J connectivity index is 1.85. The Bertz CT molecular complexity index is 538. The smallest absolute Gasteiger partial charge is 0.215 e. The molecule has 3 N–H and O–H groups in total. The Morgan fingerprint density at radius 3 is 2.50 bits per heavy atom. The molecule has 1 atom stereocenters. The monoisotopic (exact) mass is 297 g/mol. The number of likely N-dealkylation sites (N-methyl/N-ethyl adjacent to an activating group) is 1. The van der Waals surface area contributed by atoms with Crippen LogP contribution in [0.3, 0.4) is 0 Å². The lowest BCUT2D eigenvalue weighted by molar-refractivity contribution is 0.248. The van der Waals surface area contributed by atoms with Crippen LogP contribution in [0.5, 0.6) is 0 Å². The third kappa shape index (κ3) is 4.47. The fourth-order valence-electron chi connectivity index (χ4n) is 2.12. The van der Waals surface area contributed by atoms with Crippen molar-refractivity contribution in [2.75, 3.05) is 19.3 Å². The molecule has 0 aromatic heterocycles. The molecule has 5 nitrogen and oxygen atoms in total. The van der Waals surface area contributed by atoms with Gasteiger partial charge in [0.05, 0.1) is 5.75 Å². The lowest BCUT2D eigenvalue weighted by Gasteiger charge is -2.24. The summed E-state index contributed by atoms with van der Waals surface area (Å²) in [5.74, 6) is -0.00680. The van der Waals surface area contributed by atoms with Gasteiger partial charge in [0.15, 0.2) is 0 Å². The van der Waals surface area contributed by atoms with Crippen molar-refractivity contribution in [1.29, 1.82) is 0 Å². The van der Waals surface area contributed by atoms with E-state index in [1.54, 1.807) is 24.3 Å². The van der Waals surface area contributed by atoms with Gasteiger partial charge in [-0.3, -0.25) is 4.90 Å². The minimum atomic E-state index is -3.30. The minimum absolute atomic E-state index is 0.00680. The molecule has 20 heavy (non-hydrogen) atoms. The number of nitrogens with zero attached hydrogens (tertiary/aromatic N) is 1. The Kier molecular flexibility index (Phi) is 4.67. The first kappa shape index (κ1) is 15.3. The summed E-state index contributed by atoms with van der Waals surface area (Å²) in [4.78, 5) is 2.24. The van der Waals surface area contributed by atoms with Crippen molar-refractivity contribution in [1.82, 2.24) is 9.62 Å². The highest BCUT2D eigenvalue weighted by atomic mass is 32.2. The summed E-state index contributed by atoms with van der Waals surface area (Å²) in [5.41, 5.74) is 6.97. The van der Waals surface area contributed by atoms with Crippen LogP contribution in [0.2, 0.25) is 0 Å². The Morgan fingerprint density at radius 2 is 1.95 bits per heavy atom. The molecule has 0 aliphatic heterocycles. The van der Waals surface area contributed by atoms with Crippen LogP contribution >= 0.6 is 0 Å². The predicted molar refractivity (Wildman–Crippen MR) is 81.7 cm³/mol. The maximum Gasteiger partial charge on any atom is 0.215 e. The fraction of sp³-hybridized carbons (Fsp3) is 0.571. The molecule has 1 aromatic carbocycles. The third-order valence-corrected chi connectivity index (χ3v) is 5.07. The van der Waals surface area contributed by atoms with E-state index >= 15 is 0 Å². The van der Waals surface area contributed by atoms with Crippen molar-refractivity contribution in [3.8, 4) is 0 Å². The van der Waals surface area contributed by atoms with Crippen LogP contribution in [0.4, 0.5) is 5.69 Å². The maximum atomic E-state index is 12.0. The second kappa shape index (κ2) is 6.11. The highest BCUT2D eigenvalue weighted by Gasteiger charge is 2.29. The number of benzene rings is 1. The predicted octanol–water partition coefficient (Wildman–Crippen LogP) is 1.17. The van der Waals surface area contributed by atoms with Crippen LogP contribution in [-0.2, 0) is 15.8 Å². The molecule has 2 rings (SSSR count). The van der Waals surface area contributed by atoms with Gasteiger partial charge in [-0.25, -0.2) is 13.1 Å². The summed E-state index contributed by atoms with van der Waals surface area (Å²) in [6.07, 6.45) is 2.44. The van der Waals surface area contributed by atoms with E-state index in [-0.39, 0.29) is 11.8 Å². The highest BCUT2D eigenvalue weighted by molar-refractivity contribution is 7.88. The van der Waals surface area contributed by atoms with E-state index in [4.69, 9.17) is 5.73 Å². The highest BCUT2D eigenvalue weighted by Crippen LogP contribution is 2.26. The van der Waals surface area contributed by atoms with Gasteiger partial charge in [-0.1, -0.05) is 12.1 Å². The molecule has 0 heterocycles. The number of sulfonamides is 1. The third-order valence-electron chi connectivity index (χ3n) is 3.75. The molecule has 112 valence electrons. The molecule has 1 aromatic rings. The average Bonchev–Trinajstić information content (AvgIpc) is 3.22. The van der Waals surface area contributed by atoms with Crippen molar-refractivity contribution in [3.63, 3.8) is 0 Å². The first-order chi connectivity index (χ1) is 9.37. The lowest BCUT2D eigenvalue weighted by Crippen LogP contribution is -2.41. The average molecular weight is 297 g/mol. The van der Waals surface area contributed by atoms with Gasteiger partial charge in [0.25, 0.3) is 0 Å². The first-order valence-corrected chi connectivity index (χ1v) is 8.56. The number of nitrogens with one attached hydrogen (secondary N) is 1. The van der Waals surface area contributed by atoms with Crippen LogP contribution in [0.1, 0.15) is 25.3 Å². The number of hydrogen-bond donors (Lipinski definition) is 2. The van der Waals surface area contributed by atoms with Gasteiger partial charge in [0.1, 0.15) is 0 Å². The van der Waals surface area contributed by atoms with Crippen LogP contribution in [0.25, 0.3) is 0 Å². The van der Waals surface area contributed by atoms with E-state index in [9.17, 15) is 8.42 Å². The largest absolute Gasteiger partial charge is 0.399 e. The maximum absolute atomic E-state index is 12.0. The normalized spacial score (nSPS) is 17.4. The summed E-state index contributed by atoms with van der Waals surface area (Å²) < 4.78 is 26.8. The number of rotatable bonds is 7. The molecule has 1 aliphatic carbocycles. The SMILES string of the molecule is CC(CNS(=O)(=O)Cc1ccc(N)cc1)N(C)C1CC1. The van der Waals surface area contributed by atoms with E-state index in [1.165, 1.54) is 12.8 Å². The number of anilines is 1. The molecule has 0 radical (unpaired) electrons. The van der Waals surface area contributed by atoms with Gasteiger partial charge >= 0.3 is 0 Å². The zero-order chi connectivity index (χ0) is 14.8. The van der Waals surface area contributed by atoms with E-state index in [0.29, 0.717) is 18.3 Å². The molecule has 6 heteroatoms. The van der Waals surface area contributed by atoms with Gasteiger partial charge < -0.3 is 5.73 Å². The summed E-state index contributed by atoms with van der Waals surface area (Å²) in [5, 5.41) is 0. The molecule has 1 unspecified atom stereocenters. The van der Waals surface area contributed by atoms with Crippen LogP contribution in [-0.4, -0.2) is 39.0 Å². The van der Waals surface area contributed by atoms with Crippen LogP contribution in [0.15, 0.2) is 24.3 Å². The van der Waals surface area contributed by atoms with Crippen molar-refractivity contribution >= 4 is 15.7 Å². The standard InChI is InChI=1S/C14H23N3O2S/c1-11(17(2)14-7-8-14)9-16-20(18,19)10-12-3-5-13(15)6-4-12/h3-6,11,14,16H,7-10,15H2,1-2H3. The number of nitrogen functional groups attached to an aromatic ring is 1. The molecular weight excluding hydrogens is 274 g/mol. The number of hydrogen-bond acceptors (Lipinski definition) is 4. The topological polar surface area (TPSA) is 75.4 Å². The van der Waals surface area contributed by atoms with E-state index < -0.39 is 10.0 Å². The quantitative estimate of drug-likeness (QED) is 0.741. The summed E-state index contributed by atoms with van der Waals surface area (Å²) in [6.45, 7) is 2.49. The Hall–Kier alpha value is -1.11. The second-order valence-electron chi connectivity index (χ2n) is 5.59. The van der Waals surface area contributed by atoms with E-state index in [1.807, 2.05) is 6.92 Å². The van der Waals surface area contributed by atoms with Crippen LogP contribution < -0.4 is 10.5 Å². The van der Waals surface area contributed by atoms with Crippen LogP contribution in [0, 0.1) is 0 Å². The molecule has 1 aliphatic rings. The Labute approximate surface area is 121 Å². The van der Waals surface area contributed by atoms with E-state index in [0.717, 1.165) is 5.56 Å². The van der Waals surface area contributed by atoms with Crippen molar-refractivity contribution in [2.24, 2.45) is 0 Å². The van der Waals surface area contributed by atoms with Gasteiger partial charge in [-0.2, -0.15) is 0 Å². The van der Waals surface area contributed by atoms with Gasteiger partial charge in [-0.15, -0.1) is 0 Å². The molecule has 0 amide bonds. The summed E-state index contributed by atoms with van der Waals surface area (Å²) in [6, 6.07) is 7.76. The zero-order valence-corrected chi connectivity index (χ0v) is 12.9. The summed E-state index contributed by atoms with van der Waals surface area (Å²) in [7, 11) is -1.25. The van der Waals surface area contributed by atoms with Crippen molar-refractivity contribution in [2.45, 2.75) is 37.6 Å². The first-order valence-electron chi connectivity index (χ1n) is 6.91. The second-order valence-corrected chi connectivity index (χ2v) is 7.40. The summed E-state index contributed by atoms with van der Waals surface area (Å²) >= 11 is 0. The molecular formula is C14H23N3O2S. The zero-order valence-electron chi connectivity index (χ0n) is 12.0. The van der Waals surface area contributed by atoms with Gasteiger partial charge in [-0.05, 0) is 44.5 Å².